The lowest BCUT2D eigenvalue weighted by atomic mass is 9.95. The maximum Gasteiger partial charge on any atom is 0.319 e. The first-order valence-corrected chi connectivity index (χ1v) is 7.19. The Hall–Kier alpha value is -1.26. The third kappa shape index (κ3) is 3.85. The molecule has 19 heavy (non-hydrogen) atoms. The van der Waals surface area contributed by atoms with Gasteiger partial charge in [-0.25, -0.2) is 4.79 Å². The summed E-state index contributed by atoms with van der Waals surface area (Å²) in [5.41, 5.74) is 0. The van der Waals surface area contributed by atoms with Crippen LogP contribution in [0.15, 0.2) is 0 Å². The Kier molecular flexibility index (Phi) is 4.32. The van der Waals surface area contributed by atoms with Crippen LogP contribution in [0.5, 0.6) is 0 Å². The van der Waals surface area contributed by atoms with E-state index < -0.39 is 5.97 Å². The number of nitrogens with zero attached hydrogens (tertiary/aromatic N) is 2. The van der Waals surface area contributed by atoms with Crippen LogP contribution in [0.3, 0.4) is 0 Å². The second-order valence-corrected chi connectivity index (χ2v) is 6.19. The predicted molar refractivity (Wildman–Crippen MR) is 71.8 cm³/mol. The summed E-state index contributed by atoms with van der Waals surface area (Å²) in [7, 11) is 1.86. The quantitative estimate of drug-likeness (QED) is 0.847. The third-order valence-corrected chi connectivity index (χ3v) is 4.36. The molecule has 1 saturated carbocycles. The molecule has 0 radical (unpaired) electrons. The first kappa shape index (κ1) is 14.2. The summed E-state index contributed by atoms with van der Waals surface area (Å²) in [6.07, 6.45) is 3.23. The Morgan fingerprint density at radius 2 is 2.11 bits per heavy atom. The van der Waals surface area contributed by atoms with Crippen molar-refractivity contribution in [2.45, 2.75) is 32.6 Å². The number of likely N-dealkylation sites (tertiary alicyclic amines) is 1. The molecule has 1 heterocycles. The van der Waals surface area contributed by atoms with E-state index in [1.165, 1.54) is 6.42 Å². The molecule has 5 nitrogen and oxygen atoms in total. The fourth-order valence-electron chi connectivity index (χ4n) is 2.98. The summed E-state index contributed by atoms with van der Waals surface area (Å²) >= 11 is 0. The molecule has 108 valence electrons. The van der Waals surface area contributed by atoms with Gasteiger partial charge in [-0.3, -0.25) is 4.79 Å². The molecule has 0 aromatic rings. The van der Waals surface area contributed by atoms with Gasteiger partial charge in [0.25, 0.3) is 0 Å². The SMILES string of the molecule is CC1CC1CN(C)C(=O)N1CCCC(CC(=O)O)C1. The normalized spacial score (nSPS) is 30.0. The van der Waals surface area contributed by atoms with Crippen molar-refractivity contribution < 1.29 is 14.7 Å². The van der Waals surface area contributed by atoms with Gasteiger partial charge in [-0.15, -0.1) is 0 Å². The molecule has 1 aliphatic heterocycles. The van der Waals surface area contributed by atoms with E-state index in [0.29, 0.717) is 12.5 Å². The molecule has 0 aromatic carbocycles. The second kappa shape index (κ2) is 5.80. The van der Waals surface area contributed by atoms with Crippen LogP contribution in [0, 0.1) is 17.8 Å². The van der Waals surface area contributed by atoms with Crippen LogP contribution >= 0.6 is 0 Å². The van der Waals surface area contributed by atoms with Crippen LogP contribution in [0.25, 0.3) is 0 Å². The summed E-state index contributed by atoms with van der Waals surface area (Å²) < 4.78 is 0. The van der Waals surface area contributed by atoms with Crippen molar-refractivity contribution in [3.05, 3.63) is 0 Å². The molecular weight excluding hydrogens is 244 g/mol. The van der Waals surface area contributed by atoms with E-state index in [9.17, 15) is 9.59 Å². The molecule has 1 N–H and O–H groups in total. The fourth-order valence-corrected chi connectivity index (χ4v) is 2.98. The number of rotatable bonds is 4. The van der Waals surface area contributed by atoms with Gasteiger partial charge >= 0.3 is 12.0 Å². The number of aliphatic carboxylic acids is 1. The van der Waals surface area contributed by atoms with Gasteiger partial charge in [-0.2, -0.15) is 0 Å². The number of piperidine rings is 1. The Labute approximate surface area is 114 Å². The molecule has 2 aliphatic rings. The minimum absolute atomic E-state index is 0.0641. The van der Waals surface area contributed by atoms with E-state index in [-0.39, 0.29) is 18.4 Å². The van der Waals surface area contributed by atoms with Crippen molar-refractivity contribution in [1.29, 1.82) is 0 Å². The average Bonchev–Trinajstić information content (AvgIpc) is 3.03. The minimum atomic E-state index is -0.764. The molecule has 0 spiro atoms. The molecule has 0 bridgehead atoms. The van der Waals surface area contributed by atoms with Crippen molar-refractivity contribution in [1.82, 2.24) is 9.80 Å². The number of carboxylic acid groups (broad SMARTS) is 1. The molecule has 2 rings (SSSR count). The van der Waals surface area contributed by atoms with Crippen LogP contribution in [-0.2, 0) is 4.79 Å². The Morgan fingerprint density at radius 1 is 1.42 bits per heavy atom. The van der Waals surface area contributed by atoms with E-state index in [0.717, 1.165) is 31.8 Å². The van der Waals surface area contributed by atoms with Crippen molar-refractivity contribution in [3.63, 3.8) is 0 Å². The summed E-state index contributed by atoms with van der Waals surface area (Å²) in [6.45, 7) is 4.40. The van der Waals surface area contributed by atoms with E-state index in [2.05, 4.69) is 6.92 Å². The van der Waals surface area contributed by atoms with Crippen LogP contribution < -0.4 is 0 Å². The van der Waals surface area contributed by atoms with Gasteiger partial charge in [0.05, 0.1) is 0 Å². The summed E-state index contributed by atoms with van der Waals surface area (Å²) in [5, 5.41) is 8.84. The summed E-state index contributed by atoms with van der Waals surface area (Å²) in [6, 6.07) is 0.0641. The lowest BCUT2D eigenvalue weighted by Crippen LogP contribution is -2.47. The number of hydrogen-bond donors (Lipinski definition) is 1. The fraction of sp³-hybridized carbons (Fsp3) is 0.857. The highest BCUT2D eigenvalue weighted by atomic mass is 16.4. The first-order valence-electron chi connectivity index (χ1n) is 7.19. The lowest BCUT2D eigenvalue weighted by molar-refractivity contribution is -0.138. The number of carbonyl (C=O) groups excluding carboxylic acids is 1. The molecule has 2 fully saturated rings. The largest absolute Gasteiger partial charge is 0.481 e. The van der Waals surface area contributed by atoms with Crippen molar-refractivity contribution in [3.8, 4) is 0 Å². The highest BCUT2D eigenvalue weighted by Crippen LogP contribution is 2.38. The zero-order chi connectivity index (χ0) is 14.0. The molecule has 5 heteroatoms. The zero-order valence-electron chi connectivity index (χ0n) is 11.8. The zero-order valence-corrected chi connectivity index (χ0v) is 11.8. The van der Waals surface area contributed by atoms with E-state index in [4.69, 9.17) is 5.11 Å². The van der Waals surface area contributed by atoms with Crippen molar-refractivity contribution in [2.75, 3.05) is 26.7 Å². The number of hydrogen-bond acceptors (Lipinski definition) is 2. The highest BCUT2D eigenvalue weighted by Gasteiger charge is 2.35. The number of carbonyl (C=O) groups is 2. The third-order valence-electron chi connectivity index (χ3n) is 4.36. The Morgan fingerprint density at radius 3 is 2.68 bits per heavy atom. The van der Waals surface area contributed by atoms with Crippen LogP contribution in [0.2, 0.25) is 0 Å². The lowest BCUT2D eigenvalue weighted by Gasteiger charge is -2.35. The standard InChI is InChI=1S/C14H24N2O3/c1-10-6-12(10)9-15(2)14(19)16-5-3-4-11(8-16)7-13(17)18/h10-12H,3-9H2,1-2H3,(H,17,18). The minimum Gasteiger partial charge on any atom is -0.481 e. The maximum atomic E-state index is 12.3. The molecule has 1 saturated heterocycles. The molecule has 0 aromatic heterocycles. The molecular formula is C14H24N2O3. The molecule has 3 atom stereocenters. The second-order valence-electron chi connectivity index (χ2n) is 6.19. The Bertz CT molecular complexity index is 359. The topological polar surface area (TPSA) is 60.9 Å². The summed E-state index contributed by atoms with van der Waals surface area (Å²) in [4.78, 5) is 26.7. The van der Waals surface area contributed by atoms with Gasteiger partial charge in [0.1, 0.15) is 0 Å². The van der Waals surface area contributed by atoms with Crippen molar-refractivity contribution in [2.24, 2.45) is 17.8 Å². The van der Waals surface area contributed by atoms with Gasteiger partial charge in [-0.05, 0) is 37.0 Å². The van der Waals surface area contributed by atoms with E-state index in [1.54, 1.807) is 4.90 Å². The molecule has 1 aliphatic carbocycles. The van der Waals surface area contributed by atoms with Gasteiger partial charge in [-0.1, -0.05) is 6.92 Å². The van der Waals surface area contributed by atoms with E-state index >= 15 is 0 Å². The highest BCUT2D eigenvalue weighted by molar-refractivity contribution is 5.74. The monoisotopic (exact) mass is 268 g/mol. The van der Waals surface area contributed by atoms with Crippen molar-refractivity contribution >= 4 is 12.0 Å². The predicted octanol–water partition coefficient (Wildman–Crippen LogP) is 1.88. The number of amides is 2. The number of carboxylic acids is 1. The molecule has 2 amide bonds. The average molecular weight is 268 g/mol. The smallest absolute Gasteiger partial charge is 0.319 e. The van der Waals surface area contributed by atoms with Crippen LogP contribution in [-0.4, -0.2) is 53.6 Å². The van der Waals surface area contributed by atoms with Crippen LogP contribution in [0.4, 0.5) is 4.79 Å². The van der Waals surface area contributed by atoms with E-state index in [1.807, 2.05) is 11.9 Å². The van der Waals surface area contributed by atoms with Gasteiger partial charge in [0.15, 0.2) is 0 Å². The molecule has 3 unspecified atom stereocenters. The summed E-state index contributed by atoms with van der Waals surface area (Å²) in [5.74, 6) is 0.757. The van der Waals surface area contributed by atoms with Gasteiger partial charge in [0, 0.05) is 33.1 Å². The van der Waals surface area contributed by atoms with Gasteiger partial charge < -0.3 is 14.9 Å². The van der Waals surface area contributed by atoms with Gasteiger partial charge in [0.2, 0.25) is 0 Å². The number of urea groups is 1. The maximum absolute atomic E-state index is 12.3. The first-order chi connectivity index (χ1) is 8.97. The van der Waals surface area contributed by atoms with Crippen LogP contribution in [0.1, 0.15) is 32.6 Å². The Balaban J connectivity index is 1.82.